The van der Waals surface area contributed by atoms with Gasteiger partial charge in [0.2, 0.25) is 0 Å². The van der Waals surface area contributed by atoms with E-state index < -0.39 is 0 Å². The SMILES string of the molecule is CCc1nn(C)c(-c2cccc(Br)c2C)c1Br. The molecule has 2 nitrogen and oxygen atoms in total. The van der Waals surface area contributed by atoms with Gasteiger partial charge in [0.15, 0.2) is 0 Å². The molecule has 0 bridgehead atoms. The molecule has 4 heteroatoms. The van der Waals surface area contributed by atoms with E-state index in [4.69, 9.17) is 0 Å². The number of rotatable bonds is 2. The molecule has 0 aliphatic carbocycles. The summed E-state index contributed by atoms with van der Waals surface area (Å²) in [5.74, 6) is 0. The van der Waals surface area contributed by atoms with Gasteiger partial charge >= 0.3 is 0 Å². The summed E-state index contributed by atoms with van der Waals surface area (Å²) >= 11 is 7.23. The van der Waals surface area contributed by atoms with Crippen molar-refractivity contribution in [3.8, 4) is 11.3 Å². The van der Waals surface area contributed by atoms with Crippen LogP contribution in [0.4, 0.5) is 0 Å². The summed E-state index contributed by atoms with van der Waals surface area (Å²) in [7, 11) is 1.99. The van der Waals surface area contributed by atoms with Crippen molar-refractivity contribution in [1.82, 2.24) is 9.78 Å². The predicted octanol–water partition coefficient (Wildman–Crippen LogP) is 4.48. The first-order valence-corrected chi connectivity index (χ1v) is 7.11. The molecule has 0 saturated heterocycles. The van der Waals surface area contributed by atoms with Crippen LogP contribution in [0.25, 0.3) is 11.3 Å². The number of benzene rings is 1. The zero-order chi connectivity index (χ0) is 12.6. The van der Waals surface area contributed by atoms with Gasteiger partial charge in [0.25, 0.3) is 0 Å². The lowest BCUT2D eigenvalue weighted by Crippen LogP contribution is -1.96. The van der Waals surface area contributed by atoms with Gasteiger partial charge in [0, 0.05) is 17.1 Å². The number of hydrogen-bond acceptors (Lipinski definition) is 1. The highest BCUT2D eigenvalue weighted by atomic mass is 79.9. The number of nitrogens with zero attached hydrogens (tertiary/aromatic N) is 2. The van der Waals surface area contributed by atoms with E-state index in [1.807, 2.05) is 11.7 Å². The van der Waals surface area contributed by atoms with Crippen LogP contribution in [0.3, 0.4) is 0 Å². The molecular formula is C13H14Br2N2. The fourth-order valence-electron chi connectivity index (χ4n) is 1.94. The first-order chi connectivity index (χ1) is 8.06. The highest BCUT2D eigenvalue weighted by molar-refractivity contribution is 9.11. The van der Waals surface area contributed by atoms with Crippen LogP contribution in [0.2, 0.25) is 0 Å². The Morgan fingerprint density at radius 2 is 2.00 bits per heavy atom. The second kappa shape index (κ2) is 4.94. The monoisotopic (exact) mass is 356 g/mol. The zero-order valence-electron chi connectivity index (χ0n) is 10.1. The summed E-state index contributed by atoms with van der Waals surface area (Å²) in [5.41, 5.74) is 4.68. The Balaban J connectivity index is 2.68. The first-order valence-electron chi connectivity index (χ1n) is 5.53. The maximum Gasteiger partial charge on any atom is 0.0827 e. The van der Waals surface area contributed by atoms with Crippen LogP contribution in [0.1, 0.15) is 18.2 Å². The van der Waals surface area contributed by atoms with E-state index in [1.165, 1.54) is 11.1 Å². The Hall–Kier alpha value is -0.610. The van der Waals surface area contributed by atoms with E-state index in [1.54, 1.807) is 0 Å². The molecule has 1 heterocycles. The summed E-state index contributed by atoms with van der Waals surface area (Å²) < 4.78 is 4.17. The number of hydrogen-bond donors (Lipinski definition) is 0. The third-order valence-corrected chi connectivity index (χ3v) is 4.61. The van der Waals surface area contributed by atoms with Crippen molar-refractivity contribution in [2.45, 2.75) is 20.3 Å². The second-order valence-electron chi connectivity index (χ2n) is 4.00. The van der Waals surface area contributed by atoms with Crippen molar-refractivity contribution in [3.05, 3.63) is 38.4 Å². The fourth-order valence-corrected chi connectivity index (χ4v) is 3.13. The first kappa shape index (κ1) is 12.8. The van der Waals surface area contributed by atoms with Crippen molar-refractivity contribution in [2.75, 3.05) is 0 Å². The van der Waals surface area contributed by atoms with Gasteiger partial charge in [-0.05, 0) is 40.9 Å². The molecule has 0 spiro atoms. The van der Waals surface area contributed by atoms with Gasteiger partial charge in [-0.3, -0.25) is 4.68 Å². The van der Waals surface area contributed by atoms with Crippen LogP contribution in [0, 0.1) is 6.92 Å². The van der Waals surface area contributed by atoms with Crippen LogP contribution in [-0.2, 0) is 13.5 Å². The maximum absolute atomic E-state index is 4.53. The molecule has 1 aromatic heterocycles. The van der Waals surface area contributed by atoms with Gasteiger partial charge in [-0.15, -0.1) is 0 Å². The minimum Gasteiger partial charge on any atom is -0.266 e. The Bertz CT molecular complexity index is 559. The summed E-state index contributed by atoms with van der Waals surface area (Å²) in [5, 5.41) is 4.53. The average molecular weight is 358 g/mol. The molecule has 0 N–H and O–H groups in total. The standard InChI is InChI=1S/C13H14Br2N2/c1-4-11-12(15)13(17(3)16-11)9-6-5-7-10(14)8(9)2/h5-7H,4H2,1-3H3. The number of halogens is 2. The quantitative estimate of drug-likeness (QED) is 0.774. The Morgan fingerprint density at radius 3 is 2.59 bits per heavy atom. The molecule has 2 rings (SSSR count). The minimum atomic E-state index is 0.932. The Morgan fingerprint density at radius 1 is 1.29 bits per heavy atom. The van der Waals surface area contributed by atoms with E-state index in [-0.39, 0.29) is 0 Å². The summed E-state index contributed by atoms with van der Waals surface area (Å²) in [6.07, 6.45) is 0.932. The van der Waals surface area contributed by atoms with Gasteiger partial charge in [-0.2, -0.15) is 5.10 Å². The van der Waals surface area contributed by atoms with Crippen LogP contribution in [0.15, 0.2) is 27.1 Å². The summed E-state index contributed by atoms with van der Waals surface area (Å²) in [4.78, 5) is 0. The normalized spacial score (nSPS) is 10.9. The highest BCUT2D eigenvalue weighted by Gasteiger charge is 2.16. The smallest absolute Gasteiger partial charge is 0.0827 e. The van der Waals surface area contributed by atoms with E-state index in [2.05, 4.69) is 69.0 Å². The molecule has 1 aromatic carbocycles. The van der Waals surface area contributed by atoms with E-state index in [0.717, 1.165) is 26.8 Å². The van der Waals surface area contributed by atoms with Gasteiger partial charge < -0.3 is 0 Å². The van der Waals surface area contributed by atoms with Gasteiger partial charge in [-0.25, -0.2) is 0 Å². The van der Waals surface area contributed by atoms with E-state index in [9.17, 15) is 0 Å². The minimum absolute atomic E-state index is 0.932. The molecule has 0 atom stereocenters. The number of aromatic nitrogens is 2. The van der Waals surface area contributed by atoms with Crippen molar-refractivity contribution in [1.29, 1.82) is 0 Å². The lowest BCUT2D eigenvalue weighted by Gasteiger charge is -2.08. The molecule has 0 amide bonds. The number of aryl methyl sites for hydroxylation is 2. The molecule has 0 radical (unpaired) electrons. The van der Waals surface area contributed by atoms with Crippen LogP contribution in [0.5, 0.6) is 0 Å². The van der Waals surface area contributed by atoms with Crippen LogP contribution >= 0.6 is 31.9 Å². The maximum atomic E-state index is 4.53. The molecule has 0 fully saturated rings. The van der Waals surface area contributed by atoms with E-state index in [0.29, 0.717) is 0 Å². The molecule has 0 aliphatic rings. The topological polar surface area (TPSA) is 17.8 Å². The lowest BCUT2D eigenvalue weighted by atomic mass is 10.1. The Kier molecular flexibility index (Phi) is 3.73. The fraction of sp³-hybridized carbons (Fsp3) is 0.308. The largest absolute Gasteiger partial charge is 0.266 e. The summed E-state index contributed by atoms with van der Waals surface area (Å²) in [6, 6.07) is 6.24. The van der Waals surface area contributed by atoms with E-state index >= 15 is 0 Å². The van der Waals surface area contributed by atoms with Crippen molar-refractivity contribution < 1.29 is 0 Å². The highest BCUT2D eigenvalue weighted by Crippen LogP contribution is 2.35. The molecule has 2 aromatic rings. The average Bonchev–Trinajstić information content (AvgIpc) is 2.58. The molecule has 17 heavy (non-hydrogen) atoms. The lowest BCUT2D eigenvalue weighted by molar-refractivity contribution is 0.752. The third kappa shape index (κ3) is 2.20. The van der Waals surface area contributed by atoms with Gasteiger partial charge in [0.05, 0.1) is 15.9 Å². The molecule has 90 valence electrons. The predicted molar refractivity (Wildman–Crippen MR) is 78.2 cm³/mol. The zero-order valence-corrected chi connectivity index (χ0v) is 13.3. The molecule has 0 saturated carbocycles. The third-order valence-electron chi connectivity index (χ3n) is 2.91. The molecule has 0 unspecified atom stereocenters. The van der Waals surface area contributed by atoms with Crippen LogP contribution < -0.4 is 0 Å². The Labute approximate surface area is 118 Å². The second-order valence-corrected chi connectivity index (χ2v) is 5.65. The molecular weight excluding hydrogens is 344 g/mol. The van der Waals surface area contributed by atoms with Crippen molar-refractivity contribution in [2.24, 2.45) is 7.05 Å². The molecule has 0 aliphatic heterocycles. The van der Waals surface area contributed by atoms with Gasteiger partial charge in [-0.1, -0.05) is 35.0 Å². The van der Waals surface area contributed by atoms with Gasteiger partial charge in [0.1, 0.15) is 0 Å². The van der Waals surface area contributed by atoms with Crippen LogP contribution in [-0.4, -0.2) is 9.78 Å². The van der Waals surface area contributed by atoms with Crippen molar-refractivity contribution >= 4 is 31.9 Å². The summed E-state index contributed by atoms with van der Waals surface area (Å²) in [6.45, 7) is 4.23. The van der Waals surface area contributed by atoms with Crippen molar-refractivity contribution in [3.63, 3.8) is 0 Å².